The van der Waals surface area contributed by atoms with E-state index in [1.54, 1.807) is 35.2 Å². The molecule has 1 amide bonds. The second-order valence-electron chi connectivity index (χ2n) is 5.64. The maximum atomic E-state index is 12.7. The summed E-state index contributed by atoms with van der Waals surface area (Å²) in [6.07, 6.45) is 1.80. The molecule has 6 nitrogen and oxygen atoms in total. The minimum Gasteiger partial charge on any atom is -0.482 e. The number of benzene rings is 2. The molecule has 27 heavy (non-hydrogen) atoms. The smallest absolute Gasteiger partial charge is 0.341 e. The van der Waals surface area contributed by atoms with E-state index in [0.29, 0.717) is 22.4 Å². The van der Waals surface area contributed by atoms with Crippen molar-refractivity contribution in [2.45, 2.75) is 6.92 Å². The van der Waals surface area contributed by atoms with Gasteiger partial charge in [0, 0.05) is 6.54 Å². The van der Waals surface area contributed by atoms with E-state index in [0.717, 1.165) is 11.3 Å². The van der Waals surface area contributed by atoms with Crippen molar-refractivity contribution in [3.05, 3.63) is 65.1 Å². The summed E-state index contributed by atoms with van der Waals surface area (Å²) in [5, 5.41) is 9.29. The predicted molar refractivity (Wildman–Crippen MR) is 106 cm³/mol. The average molecular weight is 382 g/mol. The number of amidine groups is 1. The molecule has 3 rings (SSSR count). The van der Waals surface area contributed by atoms with E-state index in [-0.39, 0.29) is 12.5 Å². The highest BCUT2D eigenvalue weighted by Crippen LogP contribution is 2.34. The topological polar surface area (TPSA) is 79.2 Å². The van der Waals surface area contributed by atoms with E-state index in [1.165, 1.54) is 11.8 Å². The number of rotatable bonds is 6. The Morgan fingerprint density at radius 2 is 1.89 bits per heavy atom. The molecule has 1 heterocycles. The number of aliphatic carboxylic acids is 1. The lowest BCUT2D eigenvalue weighted by Gasteiger charge is -2.11. The zero-order chi connectivity index (χ0) is 19.2. The highest BCUT2D eigenvalue weighted by Gasteiger charge is 2.32. The van der Waals surface area contributed by atoms with Gasteiger partial charge in [-0.3, -0.25) is 9.69 Å². The highest BCUT2D eigenvalue weighted by atomic mass is 32.2. The Balaban J connectivity index is 1.79. The van der Waals surface area contributed by atoms with Gasteiger partial charge in [-0.1, -0.05) is 30.3 Å². The van der Waals surface area contributed by atoms with E-state index < -0.39 is 5.97 Å². The molecule has 0 aromatic heterocycles. The summed E-state index contributed by atoms with van der Waals surface area (Å²) >= 11 is 1.34. The van der Waals surface area contributed by atoms with Crippen LogP contribution in [0.5, 0.6) is 5.75 Å². The summed E-state index contributed by atoms with van der Waals surface area (Å²) in [6.45, 7) is 2.06. The van der Waals surface area contributed by atoms with Crippen LogP contribution in [0.2, 0.25) is 0 Å². The molecule has 1 saturated heterocycles. The fourth-order valence-electron chi connectivity index (χ4n) is 2.44. The normalized spacial score (nSPS) is 16.9. The summed E-state index contributed by atoms with van der Waals surface area (Å²) < 4.78 is 5.11. The minimum absolute atomic E-state index is 0.0802. The number of aliphatic imine (C=N–C) groups is 1. The van der Waals surface area contributed by atoms with E-state index in [4.69, 9.17) is 9.84 Å². The van der Waals surface area contributed by atoms with E-state index >= 15 is 0 Å². The maximum Gasteiger partial charge on any atom is 0.341 e. The zero-order valence-electron chi connectivity index (χ0n) is 14.7. The Bertz CT molecular complexity index is 892. The molecule has 2 aromatic rings. The van der Waals surface area contributed by atoms with Gasteiger partial charge in [0.25, 0.3) is 5.91 Å². The van der Waals surface area contributed by atoms with Crippen LogP contribution in [0.15, 0.2) is 64.5 Å². The number of likely N-dealkylation sites (N-methyl/N-ethyl adjacent to an activating group) is 1. The summed E-state index contributed by atoms with van der Waals surface area (Å²) in [5.74, 6) is -0.645. The number of hydrogen-bond acceptors (Lipinski definition) is 5. The summed E-state index contributed by atoms with van der Waals surface area (Å²) in [6, 6.07) is 16.4. The average Bonchev–Trinajstić information content (AvgIpc) is 2.96. The Morgan fingerprint density at radius 3 is 2.52 bits per heavy atom. The first-order valence-electron chi connectivity index (χ1n) is 8.36. The van der Waals surface area contributed by atoms with Gasteiger partial charge in [0.05, 0.1) is 10.6 Å². The second-order valence-corrected chi connectivity index (χ2v) is 6.65. The summed E-state index contributed by atoms with van der Waals surface area (Å²) in [5.41, 5.74) is 1.62. The Kier molecular flexibility index (Phi) is 5.93. The van der Waals surface area contributed by atoms with Crippen LogP contribution >= 0.6 is 11.8 Å². The lowest BCUT2D eigenvalue weighted by Crippen LogP contribution is -2.28. The third kappa shape index (κ3) is 4.77. The first kappa shape index (κ1) is 18.7. The van der Waals surface area contributed by atoms with Crippen molar-refractivity contribution in [1.29, 1.82) is 0 Å². The summed E-state index contributed by atoms with van der Waals surface area (Å²) in [7, 11) is 0. The molecule has 2 aromatic carbocycles. The van der Waals surface area contributed by atoms with Crippen molar-refractivity contribution in [2.75, 3.05) is 13.2 Å². The molecule has 0 saturated carbocycles. The molecule has 1 aliphatic rings. The molecule has 1 aliphatic heterocycles. The molecule has 0 aliphatic carbocycles. The fraction of sp³-hybridized carbons (Fsp3) is 0.150. The Morgan fingerprint density at radius 1 is 1.19 bits per heavy atom. The zero-order valence-corrected chi connectivity index (χ0v) is 15.5. The third-order valence-electron chi connectivity index (χ3n) is 3.73. The molecule has 0 unspecified atom stereocenters. The molecule has 0 radical (unpaired) electrons. The minimum atomic E-state index is -1.03. The number of carbonyl (C=O) groups excluding carboxylic acids is 1. The Hall–Kier alpha value is -3.06. The van der Waals surface area contributed by atoms with Crippen LogP contribution in [0.1, 0.15) is 12.5 Å². The lowest BCUT2D eigenvalue weighted by molar-refractivity contribution is -0.139. The second kappa shape index (κ2) is 8.55. The van der Waals surface area contributed by atoms with Crippen LogP contribution in [0.3, 0.4) is 0 Å². The van der Waals surface area contributed by atoms with Crippen LogP contribution in [0.25, 0.3) is 6.08 Å². The molecule has 138 valence electrons. The van der Waals surface area contributed by atoms with E-state index in [9.17, 15) is 9.59 Å². The van der Waals surface area contributed by atoms with Crippen LogP contribution in [0.4, 0.5) is 5.69 Å². The lowest BCUT2D eigenvalue weighted by atomic mass is 10.2. The number of ether oxygens (including phenoxy) is 1. The van der Waals surface area contributed by atoms with E-state index in [2.05, 4.69) is 4.99 Å². The number of hydrogen-bond donors (Lipinski definition) is 1. The first-order chi connectivity index (χ1) is 13.1. The number of nitrogens with zero attached hydrogens (tertiary/aromatic N) is 2. The van der Waals surface area contributed by atoms with Gasteiger partial charge >= 0.3 is 5.97 Å². The maximum absolute atomic E-state index is 12.7. The number of carboxylic acid groups (broad SMARTS) is 1. The van der Waals surface area contributed by atoms with Gasteiger partial charge < -0.3 is 9.84 Å². The molecular weight excluding hydrogens is 364 g/mol. The van der Waals surface area contributed by atoms with Gasteiger partial charge in [0.15, 0.2) is 11.8 Å². The molecule has 1 fully saturated rings. The first-order valence-corrected chi connectivity index (χ1v) is 9.18. The predicted octanol–water partition coefficient (Wildman–Crippen LogP) is 3.77. The van der Waals surface area contributed by atoms with Gasteiger partial charge in [-0.05, 0) is 54.6 Å². The standard InChI is InChI=1S/C20H18N2O4S/c1-2-22-19(25)17(27-20(22)21-15-6-4-3-5-7-15)12-14-8-10-16(11-9-14)26-13-18(23)24/h3-12H,2,13H2,1H3,(H,23,24). The van der Waals surface area contributed by atoms with Crippen molar-refractivity contribution in [2.24, 2.45) is 4.99 Å². The van der Waals surface area contributed by atoms with E-state index in [1.807, 2.05) is 37.3 Å². The number of carbonyl (C=O) groups is 2. The largest absolute Gasteiger partial charge is 0.482 e. The third-order valence-corrected chi connectivity index (χ3v) is 4.73. The molecule has 1 N–H and O–H groups in total. The molecule has 0 spiro atoms. The number of carboxylic acids is 1. The van der Waals surface area contributed by atoms with Gasteiger partial charge in [-0.2, -0.15) is 0 Å². The quantitative estimate of drug-likeness (QED) is 0.770. The summed E-state index contributed by atoms with van der Waals surface area (Å²) in [4.78, 5) is 30.0. The highest BCUT2D eigenvalue weighted by molar-refractivity contribution is 8.18. The van der Waals surface area contributed by atoms with Crippen molar-refractivity contribution < 1.29 is 19.4 Å². The van der Waals surface area contributed by atoms with Gasteiger partial charge in [0.1, 0.15) is 5.75 Å². The van der Waals surface area contributed by atoms with Crippen molar-refractivity contribution in [3.8, 4) is 5.75 Å². The van der Waals surface area contributed by atoms with Crippen LogP contribution in [-0.2, 0) is 9.59 Å². The number of thioether (sulfide) groups is 1. The van der Waals surface area contributed by atoms with Crippen LogP contribution in [0, 0.1) is 0 Å². The van der Waals surface area contributed by atoms with Gasteiger partial charge in [-0.15, -0.1) is 0 Å². The molecular formula is C20H18N2O4S. The SMILES string of the molecule is CCN1C(=O)C(=Cc2ccc(OCC(=O)O)cc2)SC1=Nc1ccccc1. The fourth-order valence-corrected chi connectivity index (χ4v) is 3.50. The monoisotopic (exact) mass is 382 g/mol. The van der Waals surface area contributed by atoms with Crippen LogP contribution in [-0.4, -0.2) is 40.2 Å². The van der Waals surface area contributed by atoms with Crippen LogP contribution < -0.4 is 4.74 Å². The Labute approximate surface area is 161 Å². The van der Waals surface area contributed by atoms with Crippen molar-refractivity contribution in [3.63, 3.8) is 0 Å². The number of para-hydroxylation sites is 1. The molecule has 0 bridgehead atoms. The van der Waals surface area contributed by atoms with Gasteiger partial charge in [-0.25, -0.2) is 9.79 Å². The molecule has 7 heteroatoms. The van der Waals surface area contributed by atoms with Crippen molar-refractivity contribution >= 4 is 40.6 Å². The number of amides is 1. The van der Waals surface area contributed by atoms with Crippen molar-refractivity contribution in [1.82, 2.24) is 4.90 Å². The van der Waals surface area contributed by atoms with Gasteiger partial charge in [0.2, 0.25) is 0 Å². The molecule has 0 atom stereocenters.